The third-order valence-corrected chi connectivity index (χ3v) is 6.38. The predicted molar refractivity (Wildman–Crippen MR) is 132 cm³/mol. The van der Waals surface area contributed by atoms with Gasteiger partial charge in [-0.25, -0.2) is 4.98 Å². The predicted octanol–water partition coefficient (Wildman–Crippen LogP) is 3.60. The molecule has 2 aliphatic rings. The van der Waals surface area contributed by atoms with Crippen LogP contribution in [0.3, 0.4) is 0 Å². The first-order chi connectivity index (χ1) is 17.9. The number of carbonyl (C=O) groups is 1. The Kier molecular flexibility index (Phi) is 7.43. The molecule has 5 rings (SSSR count). The third kappa shape index (κ3) is 5.94. The lowest BCUT2D eigenvalue weighted by Gasteiger charge is -2.29. The molecule has 1 unspecified atom stereocenters. The number of carbonyl (C=O) groups excluding carboxylic acids is 1. The Morgan fingerprint density at radius 1 is 1.19 bits per heavy atom. The summed E-state index contributed by atoms with van der Waals surface area (Å²) in [7, 11) is 1.38. The van der Waals surface area contributed by atoms with Gasteiger partial charge in [-0.1, -0.05) is 0 Å². The topological polar surface area (TPSA) is 86.6 Å². The van der Waals surface area contributed by atoms with Gasteiger partial charge in [0, 0.05) is 43.5 Å². The maximum atomic E-state index is 13.3. The molecule has 11 heteroatoms. The minimum atomic E-state index is -3.10. The summed E-state index contributed by atoms with van der Waals surface area (Å²) < 4.78 is 50.0. The zero-order valence-corrected chi connectivity index (χ0v) is 20.8. The van der Waals surface area contributed by atoms with Gasteiger partial charge in [0.25, 0.3) is 5.91 Å². The molecule has 3 heterocycles. The van der Waals surface area contributed by atoms with Crippen LogP contribution in [0, 0.1) is 0 Å². The highest BCUT2D eigenvalue weighted by Crippen LogP contribution is 2.37. The van der Waals surface area contributed by atoms with Gasteiger partial charge >= 0.3 is 6.61 Å². The van der Waals surface area contributed by atoms with E-state index in [0.717, 1.165) is 45.7 Å². The molecule has 2 aromatic heterocycles. The minimum Gasteiger partial charge on any atom is -0.496 e. The highest BCUT2D eigenvalue weighted by molar-refractivity contribution is 6.01. The number of imidazole rings is 1. The van der Waals surface area contributed by atoms with Crippen LogP contribution in [0.5, 0.6) is 17.2 Å². The van der Waals surface area contributed by atoms with Crippen LogP contribution in [0.25, 0.3) is 16.9 Å². The van der Waals surface area contributed by atoms with Crippen molar-refractivity contribution in [2.45, 2.75) is 38.5 Å². The monoisotopic (exact) mass is 516 g/mol. The van der Waals surface area contributed by atoms with E-state index in [9.17, 15) is 13.6 Å². The summed E-state index contributed by atoms with van der Waals surface area (Å²) in [5.74, 6) is 0.0528. The smallest absolute Gasteiger partial charge is 0.387 e. The average Bonchev–Trinajstić information content (AvgIpc) is 3.58. The number of nitrogens with one attached hydrogen (secondary N) is 1. The molecular weight excluding hydrogens is 486 g/mol. The standard InChI is InChI=1S/C26H30F2N4O5/c1-16(15-31-7-9-35-10-8-31)36-19-5-6-32-20(14-29-23(32)13-19)17-11-21(34-2)24(22(12-17)37-26(27)28)25(33)30-18-3-4-18/h5-6,11-14,16,18,26H,3-4,7-10,15H2,1-2H3,(H,30,33). The molecule has 1 saturated heterocycles. The number of hydrogen-bond donors (Lipinski definition) is 1. The fraction of sp³-hybridized carbons (Fsp3) is 0.462. The fourth-order valence-electron chi connectivity index (χ4n) is 4.46. The molecule has 1 N–H and O–H groups in total. The number of halogens is 2. The normalized spacial score (nSPS) is 17.1. The SMILES string of the molecule is COc1cc(-c2cnc3cc(OC(C)CN4CCOCC4)ccn23)cc(OC(F)F)c1C(=O)NC1CC1. The Morgan fingerprint density at radius 2 is 1.95 bits per heavy atom. The van der Waals surface area contributed by atoms with Crippen molar-refractivity contribution in [1.29, 1.82) is 0 Å². The summed E-state index contributed by atoms with van der Waals surface area (Å²) in [5, 5.41) is 2.81. The number of rotatable bonds is 10. The second-order valence-corrected chi connectivity index (χ2v) is 9.25. The number of nitrogens with zero attached hydrogens (tertiary/aromatic N) is 3. The first-order valence-corrected chi connectivity index (χ1v) is 12.3. The Labute approximate surface area is 213 Å². The fourth-order valence-corrected chi connectivity index (χ4v) is 4.46. The molecule has 198 valence electrons. The Bertz CT molecular complexity index is 1260. The molecule has 2 fully saturated rings. The van der Waals surface area contributed by atoms with E-state index in [1.165, 1.54) is 13.2 Å². The lowest BCUT2D eigenvalue weighted by molar-refractivity contribution is -0.0502. The minimum absolute atomic E-state index is 0.0253. The summed E-state index contributed by atoms with van der Waals surface area (Å²) in [4.78, 5) is 19.6. The van der Waals surface area contributed by atoms with Crippen LogP contribution in [0.4, 0.5) is 8.78 Å². The summed E-state index contributed by atoms with van der Waals surface area (Å²) in [5.41, 5.74) is 1.70. The number of methoxy groups -OCH3 is 1. The van der Waals surface area contributed by atoms with Crippen molar-refractivity contribution in [3.63, 3.8) is 0 Å². The lowest BCUT2D eigenvalue weighted by atomic mass is 10.1. The van der Waals surface area contributed by atoms with Gasteiger partial charge in [-0.15, -0.1) is 0 Å². The van der Waals surface area contributed by atoms with Gasteiger partial charge in [-0.05, 0) is 38.0 Å². The van der Waals surface area contributed by atoms with Crippen LogP contribution in [0.1, 0.15) is 30.1 Å². The Hall–Kier alpha value is -3.44. The van der Waals surface area contributed by atoms with E-state index >= 15 is 0 Å². The van der Waals surface area contributed by atoms with Gasteiger partial charge in [-0.2, -0.15) is 8.78 Å². The van der Waals surface area contributed by atoms with Gasteiger partial charge in [0.2, 0.25) is 0 Å². The van der Waals surface area contributed by atoms with E-state index in [0.29, 0.717) is 22.7 Å². The second kappa shape index (κ2) is 10.9. The second-order valence-electron chi connectivity index (χ2n) is 9.25. The van der Waals surface area contributed by atoms with E-state index in [4.69, 9.17) is 18.9 Å². The molecule has 1 atom stereocenters. The molecule has 1 amide bonds. The molecule has 9 nitrogen and oxygen atoms in total. The highest BCUT2D eigenvalue weighted by Gasteiger charge is 2.29. The van der Waals surface area contributed by atoms with Crippen LogP contribution >= 0.6 is 0 Å². The number of fused-ring (bicyclic) bond motifs is 1. The highest BCUT2D eigenvalue weighted by atomic mass is 19.3. The number of ether oxygens (including phenoxy) is 4. The maximum Gasteiger partial charge on any atom is 0.387 e. The lowest BCUT2D eigenvalue weighted by Crippen LogP contribution is -2.41. The average molecular weight is 517 g/mol. The zero-order chi connectivity index (χ0) is 25.9. The molecule has 1 aliphatic heterocycles. The summed E-state index contributed by atoms with van der Waals surface area (Å²) in [6.45, 7) is 2.95. The summed E-state index contributed by atoms with van der Waals surface area (Å²) in [6.07, 6.45) is 5.12. The van der Waals surface area contributed by atoms with E-state index in [1.54, 1.807) is 12.3 Å². The summed E-state index contributed by atoms with van der Waals surface area (Å²) in [6, 6.07) is 6.74. The van der Waals surface area contributed by atoms with Crippen LogP contribution < -0.4 is 19.5 Å². The van der Waals surface area contributed by atoms with Crippen molar-refractivity contribution in [1.82, 2.24) is 19.6 Å². The van der Waals surface area contributed by atoms with E-state index in [-0.39, 0.29) is 29.2 Å². The Morgan fingerprint density at radius 3 is 2.65 bits per heavy atom. The van der Waals surface area contributed by atoms with Crippen molar-refractivity contribution in [2.24, 2.45) is 0 Å². The number of hydrogen-bond acceptors (Lipinski definition) is 7. The van der Waals surface area contributed by atoms with Crippen molar-refractivity contribution in [3.8, 4) is 28.5 Å². The maximum absolute atomic E-state index is 13.3. The molecule has 0 bridgehead atoms. The molecule has 1 aliphatic carbocycles. The largest absolute Gasteiger partial charge is 0.496 e. The van der Waals surface area contributed by atoms with Gasteiger partial charge in [-0.3, -0.25) is 14.1 Å². The number of pyridine rings is 1. The molecular formula is C26H30F2N4O5. The van der Waals surface area contributed by atoms with Gasteiger partial charge in [0.15, 0.2) is 0 Å². The first-order valence-electron chi connectivity index (χ1n) is 12.3. The van der Waals surface area contributed by atoms with Crippen molar-refractivity contribution < 1.29 is 32.5 Å². The van der Waals surface area contributed by atoms with Crippen LogP contribution in [-0.4, -0.2) is 78.9 Å². The van der Waals surface area contributed by atoms with E-state index in [2.05, 4.69) is 15.2 Å². The quantitative estimate of drug-likeness (QED) is 0.441. The number of amides is 1. The molecule has 1 saturated carbocycles. The molecule has 0 spiro atoms. The summed E-state index contributed by atoms with van der Waals surface area (Å²) >= 11 is 0. The Balaban J connectivity index is 1.41. The van der Waals surface area contributed by atoms with Crippen molar-refractivity contribution in [2.75, 3.05) is 40.0 Å². The van der Waals surface area contributed by atoms with Gasteiger partial charge in [0.05, 0.1) is 32.2 Å². The van der Waals surface area contributed by atoms with Crippen LogP contribution in [0.15, 0.2) is 36.7 Å². The van der Waals surface area contributed by atoms with E-state index in [1.807, 2.05) is 29.7 Å². The number of aromatic nitrogens is 2. The van der Waals surface area contributed by atoms with Gasteiger partial charge < -0.3 is 24.3 Å². The van der Waals surface area contributed by atoms with Crippen LogP contribution in [0.2, 0.25) is 0 Å². The number of alkyl halides is 2. The van der Waals surface area contributed by atoms with Crippen molar-refractivity contribution >= 4 is 11.6 Å². The first kappa shape index (κ1) is 25.2. The zero-order valence-electron chi connectivity index (χ0n) is 20.8. The van der Waals surface area contributed by atoms with Crippen molar-refractivity contribution in [3.05, 3.63) is 42.2 Å². The van der Waals surface area contributed by atoms with E-state index < -0.39 is 12.5 Å². The third-order valence-electron chi connectivity index (χ3n) is 6.38. The number of benzene rings is 1. The molecule has 0 radical (unpaired) electrons. The van der Waals surface area contributed by atoms with Crippen LogP contribution in [-0.2, 0) is 4.74 Å². The molecule has 1 aromatic carbocycles. The molecule has 3 aromatic rings. The van der Waals surface area contributed by atoms with Gasteiger partial charge in [0.1, 0.15) is 34.6 Å². The molecule has 37 heavy (non-hydrogen) atoms. The number of morpholine rings is 1.